The number of aromatic nitrogens is 4. The number of rotatable bonds is 28. The fourth-order valence-electron chi connectivity index (χ4n) is 17.9. The number of nitrogens with zero attached hydrogens (tertiary/aromatic N) is 11. The van der Waals surface area contributed by atoms with E-state index >= 15 is 0 Å². The average molecular weight is 1890 g/mol. The zero-order valence-electron chi connectivity index (χ0n) is 76.4. The fourth-order valence-corrected chi connectivity index (χ4v) is 17.9. The number of ether oxygens (including phenoxy) is 8. The van der Waals surface area contributed by atoms with E-state index in [0.717, 1.165) is 119 Å². The number of nitriles is 3. The number of piperidine rings is 4. The van der Waals surface area contributed by atoms with Gasteiger partial charge in [0.15, 0.2) is 0 Å². The lowest BCUT2D eigenvalue weighted by molar-refractivity contribution is -0.0504. The Labute approximate surface area is 790 Å². The number of cyclic esters (lactones) is 4. The summed E-state index contributed by atoms with van der Waals surface area (Å²) in [6.07, 6.45) is 8.25. The number of carbonyl (C=O) groups is 8. The van der Waals surface area contributed by atoms with Crippen molar-refractivity contribution in [1.29, 1.82) is 15.8 Å². The smallest absolute Gasteiger partial charge is 0.387 e. The number of benzene rings is 4. The average Bonchev–Trinajstić information content (AvgIpc) is 1.67. The van der Waals surface area contributed by atoms with E-state index < -0.39 is 43.6 Å². The van der Waals surface area contributed by atoms with Crippen LogP contribution in [0, 0.1) is 68.6 Å². The zero-order valence-corrected chi connectivity index (χ0v) is 76.4. The number of β-amino-alcohol motifs (C(OH)–C–C–N with tert-alkyl or cyclic N) is 4. The first kappa shape index (κ1) is 102. The van der Waals surface area contributed by atoms with Crippen LogP contribution in [0.2, 0.25) is 0 Å². The number of aryl methyl sites for hydroxylation is 1. The second-order valence-corrected chi connectivity index (χ2v) is 34.2. The number of aliphatic hydroxyl groups excluding tert-OH is 4. The molecule has 4 amide bonds. The first-order chi connectivity index (χ1) is 65.4. The van der Waals surface area contributed by atoms with Crippen molar-refractivity contribution < 1.29 is 110 Å². The molecule has 137 heavy (non-hydrogen) atoms. The number of nitrogens with one attached hydrogen (secondary N) is 4. The number of esters is 4. The monoisotopic (exact) mass is 1890 g/mol. The third-order valence-corrected chi connectivity index (χ3v) is 25.7. The molecule has 38 heteroatoms. The largest absolute Gasteiger partial charge is 0.495 e. The van der Waals surface area contributed by atoms with Gasteiger partial charge in [-0.25, -0.2) is 38.5 Å². The Bertz CT molecular complexity index is 5920. The predicted molar refractivity (Wildman–Crippen MR) is 487 cm³/mol. The van der Waals surface area contributed by atoms with E-state index in [2.05, 4.69) is 65.5 Å². The maximum absolute atomic E-state index is 12.7. The van der Waals surface area contributed by atoms with Crippen molar-refractivity contribution >= 4 is 47.5 Å². The van der Waals surface area contributed by atoms with Crippen LogP contribution < -0.4 is 40.2 Å². The molecular weight excluding hydrogens is 1780 g/mol. The Morgan fingerprint density at radius 1 is 0.431 bits per heavy atom. The number of carbonyl (C=O) groups excluding carboxylic acids is 8. The molecule has 12 heterocycles. The summed E-state index contributed by atoms with van der Waals surface area (Å²) in [7, 11) is 1.44. The molecule has 8 N–H and O–H groups in total. The van der Waals surface area contributed by atoms with Gasteiger partial charge in [0.1, 0.15) is 120 Å². The SMILES string of the molecule is C.CCOc1cc(C(=O)NC2CCN(C[C@H](O)c3ccc4c(c3C)COC4=O)CC2)ncc1C#N.COc1cc(C(=O)NC2CCN(C[C@H](O)c3ccc4c(c3C)COC4=O)CC2)ncc1C#N.Cc1c([C@@H](O)CN2CCC(NC(=O)c3cc(OCCF)c(C#N)cn3)CC2)ccc2c1COC2=O.Cc1cnc(C(=O)NC2CCN(C[C@H](O)c3ccc4c(c3C)COC4=O)CC2)cc1OC(F)F. The topological polar surface area (TPSA) is 475 Å². The van der Waals surface area contributed by atoms with Crippen LogP contribution >= 0.6 is 0 Å². The van der Waals surface area contributed by atoms with E-state index in [1.807, 2.05) is 52.8 Å². The highest BCUT2D eigenvalue weighted by atomic mass is 19.3. The van der Waals surface area contributed by atoms with E-state index in [0.29, 0.717) is 130 Å². The summed E-state index contributed by atoms with van der Waals surface area (Å²) in [6, 6.07) is 25.3. The first-order valence-corrected chi connectivity index (χ1v) is 45.0. The van der Waals surface area contributed by atoms with Gasteiger partial charge < -0.3 is 99.2 Å². The maximum atomic E-state index is 12.7. The van der Waals surface area contributed by atoms with Gasteiger partial charge in [-0.3, -0.25) is 24.2 Å². The van der Waals surface area contributed by atoms with Crippen molar-refractivity contribution in [1.82, 2.24) is 60.8 Å². The number of halogens is 3. The van der Waals surface area contributed by atoms with Crippen LogP contribution in [0.5, 0.6) is 23.0 Å². The number of pyridine rings is 4. The number of hydrogen-bond donors (Lipinski definition) is 8. The number of methoxy groups -OCH3 is 1. The van der Waals surface area contributed by atoms with Crippen LogP contribution in [0.25, 0.3) is 0 Å². The van der Waals surface area contributed by atoms with E-state index in [1.54, 1.807) is 55.5 Å². The van der Waals surface area contributed by atoms with Crippen LogP contribution in [-0.2, 0) is 45.4 Å². The minimum Gasteiger partial charge on any atom is -0.495 e. The molecule has 4 aromatic heterocycles. The van der Waals surface area contributed by atoms with Crippen molar-refractivity contribution in [3.05, 3.63) is 232 Å². The summed E-state index contributed by atoms with van der Waals surface area (Å²) >= 11 is 0. The highest BCUT2D eigenvalue weighted by molar-refractivity contribution is 5.98. The quantitative estimate of drug-likeness (QED) is 0.0167. The second-order valence-electron chi connectivity index (χ2n) is 34.2. The highest BCUT2D eigenvalue weighted by Crippen LogP contribution is 2.37. The number of alkyl halides is 3. The molecule has 0 saturated carbocycles. The van der Waals surface area contributed by atoms with Gasteiger partial charge in [0, 0.05) is 180 Å². The van der Waals surface area contributed by atoms with E-state index in [-0.39, 0.29) is 152 Å². The van der Waals surface area contributed by atoms with E-state index in [9.17, 15) is 72.0 Å². The maximum Gasteiger partial charge on any atom is 0.387 e. The Morgan fingerprint density at radius 2 is 0.693 bits per heavy atom. The Morgan fingerprint density at radius 3 is 0.956 bits per heavy atom. The molecule has 4 fully saturated rings. The van der Waals surface area contributed by atoms with Gasteiger partial charge in [0.2, 0.25) is 0 Å². The van der Waals surface area contributed by atoms with Crippen molar-refractivity contribution in [2.24, 2.45) is 0 Å². The molecule has 0 aliphatic carbocycles. The Balaban J connectivity index is 0.000000164. The van der Waals surface area contributed by atoms with Crippen molar-refractivity contribution in [2.75, 3.05) is 106 Å². The highest BCUT2D eigenvalue weighted by Gasteiger charge is 2.36. The lowest BCUT2D eigenvalue weighted by Gasteiger charge is -2.33. The molecule has 0 unspecified atom stereocenters. The number of amides is 4. The molecule has 0 bridgehead atoms. The van der Waals surface area contributed by atoms with E-state index in [1.165, 1.54) is 56.2 Å². The van der Waals surface area contributed by atoms with Crippen molar-refractivity contribution in [3.8, 4) is 41.2 Å². The van der Waals surface area contributed by atoms with Gasteiger partial charge >= 0.3 is 30.5 Å². The Kier molecular flexibility index (Phi) is 35.3. The number of aliphatic hydroxyl groups is 4. The van der Waals surface area contributed by atoms with Gasteiger partial charge in [-0.15, -0.1) is 0 Å². The molecule has 8 aliphatic heterocycles. The molecule has 4 aromatic carbocycles. The van der Waals surface area contributed by atoms with Gasteiger partial charge in [-0.05, 0) is 162 Å². The van der Waals surface area contributed by atoms with Gasteiger partial charge in [0.25, 0.3) is 23.6 Å². The molecule has 8 aromatic rings. The van der Waals surface area contributed by atoms with Crippen molar-refractivity contribution in [2.45, 2.75) is 182 Å². The van der Waals surface area contributed by atoms with Gasteiger partial charge in [-0.2, -0.15) is 24.6 Å². The summed E-state index contributed by atoms with van der Waals surface area (Å²) < 4.78 is 78.2. The lowest BCUT2D eigenvalue weighted by atomic mass is 9.94. The molecule has 16 rings (SSSR count). The molecule has 724 valence electrons. The van der Waals surface area contributed by atoms with Crippen LogP contribution in [0.15, 0.2) is 97.6 Å². The predicted octanol–water partition coefficient (Wildman–Crippen LogP) is 9.87. The minimum atomic E-state index is -2.98. The second kappa shape index (κ2) is 47.2. The summed E-state index contributed by atoms with van der Waals surface area (Å²) in [5.41, 5.74) is 14.1. The molecule has 35 nitrogen and oxygen atoms in total. The third-order valence-electron chi connectivity index (χ3n) is 25.7. The normalized spacial score (nSPS) is 16.9. The van der Waals surface area contributed by atoms with Crippen LogP contribution in [-0.4, -0.2) is 244 Å². The summed E-state index contributed by atoms with van der Waals surface area (Å²) in [6.45, 7) is 16.0. The van der Waals surface area contributed by atoms with Gasteiger partial charge in [-0.1, -0.05) is 31.7 Å². The van der Waals surface area contributed by atoms with E-state index in [4.69, 9.17) is 48.9 Å². The number of fused-ring (bicyclic) bond motifs is 4. The molecule has 0 spiro atoms. The standard InChI is InChI=1S/C25H27FN4O5.C25H28N4O5.C24H27F2N3O5.C24H26N4O5.CH4/c1-15-18(2-3-19-20(15)14-35-25(19)33)22(31)13-30-7-4-17(5-8-30)29-24(32)21-10-23(34-9-6-26)16(11-27)12-28-21;1-3-33-23-10-21(27-12-16(23)11-26)24(31)28-17-6-8-29(9-7-17)13-22(30)18-4-5-19-20(15(18)2)14-34-25(19)32;1-13-10-27-19(9-21(13)34-24(25)26)22(31)28-15-5-7-29(8-6-15)11-20(30)16-3-4-17-18(14(16)2)12-33-23(17)32;1-14-17(3-4-18-19(14)13-33-24(18)31)21(29)12-28-7-5-16(6-8-28)27-23(30)20-9-22(32-2)15(10-25)11-26-20;/h2-3,10,12,17,22,31H,4-9,13-14H2,1H3,(H,29,32);4-5,10,12,17,22,30H,3,6-9,13-14H2,1-2H3,(H,28,31);3-4,9-10,15,20,24,30H,5-8,11-12H2,1-2H3,(H,28,31);3-4,9,11,16,21,29H,5-8,12-13H2,1-2H3,(H,27,30);1H4/t2*22-;20-;21-;/m0000./s1. The van der Waals surface area contributed by atoms with Crippen LogP contribution in [0.4, 0.5) is 13.2 Å². The fraction of sp³-hybridized carbons (Fsp3) is 0.444. The number of likely N-dealkylation sites (tertiary alicyclic amines) is 4. The molecule has 8 aliphatic rings. The van der Waals surface area contributed by atoms with Gasteiger partial charge in [0.05, 0.1) is 60.4 Å². The minimum absolute atomic E-state index is 0. The van der Waals surface area contributed by atoms with Crippen LogP contribution in [0.1, 0.15) is 263 Å². The third kappa shape index (κ3) is 25.2. The molecule has 4 atom stereocenters. The van der Waals surface area contributed by atoms with Crippen LogP contribution in [0.3, 0.4) is 0 Å². The molecule has 0 radical (unpaired) electrons. The number of hydrogen-bond acceptors (Lipinski definition) is 31. The van der Waals surface area contributed by atoms with Crippen molar-refractivity contribution in [3.63, 3.8) is 0 Å². The Hall–Kier alpha value is -13.6. The molecular formula is C99H112F3N15O20. The zero-order chi connectivity index (χ0) is 97.1. The lowest BCUT2D eigenvalue weighted by Crippen LogP contribution is -2.45. The summed E-state index contributed by atoms with van der Waals surface area (Å²) in [5, 5.41) is 82.5. The molecule has 4 saturated heterocycles. The summed E-state index contributed by atoms with van der Waals surface area (Å²) in [5.74, 6) is -1.98. The summed E-state index contributed by atoms with van der Waals surface area (Å²) in [4.78, 5) is 122. The first-order valence-electron chi connectivity index (χ1n) is 45.0.